The fourth-order valence-corrected chi connectivity index (χ4v) is 2.24. The minimum Gasteiger partial charge on any atom is -0.415 e. The molecule has 3 aromatic rings. The van der Waals surface area contributed by atoms with E-state index in [-0.39, 0.29) is 17.5 Å². The van der Waals surface area contributed by atoms with Crippen molar-refractivity contribution < 1.29 is 9.34 Å². The predicted molar refractivity (Wildman–Crippen MR) is 91.3 cm³/mol. The maximum absolute atomic E-state index is 10.7. The molecule has 0 amide bonds. The Bertz CT molecular complexity index is 900. The van der Waals surface area contributed by atoms with Crippen molar-refractivity contribution in [2.75, 3.05) is 0 Å². The van der Waals surface area contributed by atoms with Gasteiger partial charge in [0.25, 0.3) is 11.6 Å². The second-order valence-electron chi connectivity index (χ2n) is 5.12. The van der Waals surface area contributed by atoms with E-state index in [4.69, 9.17) is 16.0 Å². The molecular formula is C17H12ClN3O3. The second kappa shape index (κ2) is 6.64. The minimum absolute atomic E-state index is 0.00390. The first-order chi connectivity index (χ1) is 11.5. The Labute approximate surface area is 142 Å². The van der Waals surface area contributed by atoms with Crippen molar-refractivity contribution in [3.8, 4) is 11.5 Å². The van der Waals surface area contributed by atoms with E-state index in [1.54, 1.807) is 18.2 Å². The SMILES string of the molecule is Cc1ccc(/C=C(\Cl)c2nnc(-c3ccc([N+](=O)[O-])cc3)o2)cc1. The van der Waals surface area contributed by atoms with Gasteiger partial charge in [0.2, 0.25) is 5.89 Å². The lowest BCUT2D eigenvalue weighted by atomic mass is 10.1. The van der Waals surface area contributed by atoms with Gasteiger partial charge in [-0.3, -0.25) is 10.1 Å². The van der Waals surface area contributed by atoms with Gasteiger partial charge in [-0.15, -0.1) is 10.2 Å². The summed E-state index contributed by atoms with van der Waals surface area (Å²) in [4.78, 5) is 10.2. The highest BCUT2D eigenvalue weighted by atomic mass is 35.5. The van der Waals surface area contributed by atoms with Gasteiger partial charge >= 0.3 is 0 Å². The van der Waals surface area contributed by atoms with Crippen LogP contribution in [0.1, 0.15) is 17.0 Å². The molecule has 3 rings (SSSR count). The quantitative estimate of drug-likeness (QED) is 0.508. The molecule has 0 aliphatic heterocycles. The summed E-state index contributed by atoms with van der Waals surface area (Å²) in [5.41, 5.74) is 2.65. The van der Waals surface area contributed by atoms with Gasteiger partial charge in [0.1, 0.15) is 5.03 Å². The third kappa shape index (κ3) is 3.49. The number of nitrogens with zero attached hydrogens (tertiary/aromatic N) is 3. The predicted octanol–water partition coefficient (Wildman–Crippen LogP) is 4.69. The second-order valence-corrected chi connectivity index (χ2v) is 5.53. The van der Waals surface area contributed by atoms with Crippen molar-refractivity contribution >= 4 is 28.4 Å². The number of aryl methyl sites for hydroxylation is 1. The van der Waals surface area contributed by atoms with Gasteiger partial charge in [-0.05, 0) is 30.7 Å². The lowest BCUT2D eigenvalue weighted by Gasteiger charge is -1.96. The zero-order valence-corrected chi connectivity index (χ0v) is 13.4. The summed E-state index contributed by atoms with van der Waals surface area (Å²) in [5, 5.41) is 18.8. The average Bonchev–Trinajstić information content (AvgIpc) is 3.07. The first-order valence-electron chi connectivity index (χ1n) is 7.05. The van der Waals surface area contributed by atoms with Crippen LogP contribution in [0.5, 0.6) is 0 Å². The summed E-state index contributed by atoms with van der Waals surface area (Å²) < 4.78 is 5.54. The molecule has 0 spiro atoms. The summed E-state index contributed by atoms with van der Waals surface area (Å²) in [6.45, 7) is 2.00. The van der Waals surface area contributed by atoms with E-state index < -0.39 is 4.92 Å². The Morgan fingerprint density at radius 1 is 1.12 bits per heavy atom. The molecule has 7 heteroatoms. The zero-order chi connectivity index (χ0) is 17.1. The van der Waals surface area contributed by atoms with Gasteiger partial charge in [-0.25, -0.2) is 0 Å². The summed E-state index contributed by atoms with van der Waals surface area (Å²) in [5.74, 6) is 0.431. The molecule has 0 atom stereocenters. The maximum Gasteiger partial charge on any atom is 0.269 e. The number of nitro benzene ring substituents is 1. The highest BCUT2D eigenvalue weighted by Crippen LogP contribution is 2.26. The van der Waals surface area contributed by atoms with Crippen LogP contribution >= 0.6 is 11.6 Å². The topological polar surface area (TPSA) is 82.1 Å². The van der Waals surface area contributed by atoms with Crippen molar-refractivity contribution in [3.63, 3.8) is 0 Å². The molecule has 0 N–H and O–H groups in total. The van der Waals surface area contributed by atoms with Crippen LogP contribution in [0.4, 0.5) is 5.69 Å². The molecule has 1 heterocycles. The van der Waals surface area contributed by atoms with Crippen molar-refractivity contribution in [2.45, 2.75) is 6.92 Å². The Morgan fingerprint density at radius 2 is 1.79 bits per heavy atom. The molecule has 0 radical (unpaired) electrons. The molecular weight excluding hydrogens is 330 g/mol. The average molecular weight is 342 g/mol. The van der Waals surface area contributed by atoms with Crippen molar-refractivity contribution in [1.29, 1.82) is 0 Å². The summed E-state index contributed by atoms with van der Waals surface area (Å²) >= 11 is 6.22. The van der Waals surface area contributed by atoms with Gasteiger partial charge < -0.3 is 4.42 Å². The largest absolute Gasteiger partial charge is 0.415 e. The van der Waals surface area contributed by atoms with Crippen molar-refractivity contribution in [1.82, 2.24) is 10.2 Å². The van der Waals surface area contributed by atoms with Gasteiger partial charge in [-0.2, -0.15) is 0 Å². The summed E-state index contributed by atoms with van der Waals surface area (Å²) in [6.07, 6.45) is 1.73. The van der Waals surface area contributed by atoms with Crippen molar-refractivity contribution in [3.05, 3.63) is 75.7 Å². The highest BCUT2D eigenvalue weighted by Gasteiger charge is 2.13. The number of benzene rings is 2. The zero-order valence-electron chi connectivity index (χ0n) is 12.6. The Balaban J connectivity index is 1.84. The first-order valence-corrected chi connectivity index (χ1v) is 7.43. The molecule has 0 aliphatic rings. The van der Waals surface area contributed by atoms with Crippen molar-refractivity contribution in [2.24, 2.45) is 0 Å². The van der Waals surface area contributed by atoms with E-state index >= 15 is 0 Å². The number of halogens is 1. The molecule has 6 nitrogen and oxygen atoms in total. The Kier molecular flexibility index (Phi) is 4.39. The van der Waals surface area contributed by atoms with E-state index in [1.165, 1.54) is 12.1 Å². The van der Waals surface area contributed by atoms with Crippen LogP contribution in [0.3, 0.4) is 0 Å². The van der Waals surface area contributed by atoms with Crippen LogP contribution in [0, 0.1) is 17.0 Å². The molecule has 2 aromatic carbocycles. The molecule has 24 heavy (non-hydrogen) atoms. The molecule has 0 unspecified atom stereocenters. The number of nitro groups is 1. The fourth-order valence-electron chi connectivity index (χ4n) is 2.03. The smallest absolute Gasteiger partial charge is 0.269 e. The monoisotopic (exact) mass is 341 g/mol. The molecule has 120 valence electrons. The van der Waals surface area contributed by atoms with E-state index in [1.807, 2.05) is 31.2 Å². The van der Waals surface area contributed by atoms with E-state index in [0.29, 0.717) is 10.6 Å². The van der Waals surface area contributed by atoms with E-state index in [9.17, 15) is 10.1 Å². The standard InChI is InChI=1S/C17H12ClN3O3/c1-11-2-4-12(5-3-11)10-15(18)17-20-19-16(24-17)13-6-8-14(9-7-13)21(22)23/h2-10H,1H3/b15-10-. The number of hydrogen-bond donors (Lipinski definition) is 0. The van der Waals surface area contributed by atoms with Crippen LogP contribution in [0.15, 0.2) is 52.9 Å². The number of aromatic nitrogens is 2. The highest BCUT2D eigenvalue weighted by molar-refractivity contribution is 6.50. The number of rotatable bonds is 4. The maximum atomic E-state index is 10.7. The van der Waals surface area contributed by atoms with Crippen LogP contribution in [-0.2, 0) is 0 Å². The molecule has 0 saturated carbocycles. The third-order valence-corrected chi connectivity index (χ3v) is 3.60. The summed E-state index contributed by atoms with van der Waals surface area (Å²) in [7, 11) is 0. The van der Waals surface area contributed by atoms with Crippen LogP contribution in [0.25, 0.3) is 22.6 Å². The molecule has 0 aliphatic carbocycles. The number of non-ortho nitro benzene ring substituents is 1. The van der Waals surface area contributed by atoms with Gasteiger partial charge in [0.05, 0.1) is 4.92 Å². The molecule has 0 fully saturated rings. The van der Waals surface area contributed by atoms with E-state index in [0.717, 1.165) is 11.1 Å². The lowest BCUT2D eigenvalue weighted by molar-refractivity contribution is -0.384. The Morgan fingerprint density at radius 3 is 2.42 bits per heavy atom. The third-order valence-electron chi connectivity index (χ3n) is 3.33. The van der Waals surface area contributed by atoms with Crippen LogP contribution < -0.4 is 0 Å². The first kappa shape index (κ1) is 15.9. The van der Waals surface area contributed by atoms with Crippen LogP contribution in [0.2, 0.25) is 0 Å². The molecule has 0 bridgehead atoms. The Hall–Kier alpha value is -2.99. The lowest BCUT2D eigenvalue weighted by Crippen LogP contribution is -1.87. The molecule has 1 aromatic heterocycles. The van der Waals surface area contributed by atoms with E-state index in [2.05, 4.69) is 10.2 Å². The normalized spacial score (nSPS) is 11.5. The van der Waals surface area contributed by atoms with Gasteiger partial charge in [0, 0.05) is 17.7 Å². The van der Waals surface area contributed by atoms with Crippen LogP contribution in [-0.4, -0.2) is 15.1 Å². The van der Waals surface area contributed by atoms with Gasteiger partial charge in [-0.1, -0.05) is 41.4 Å². The molecule has 0 saturated heterocycles. The number of hydrogen-bond acceptors (Lipinski definition) is 5. The summed E-state index contributed by atoms with van der Waals surface area (Å²) in [6, 6.07) is 13.7. The van der Waals surface area contributed by atoms with Gasteiger partial charge in [0.15, 0.2) is 0 Å². The minimum atomic E-state index is -0.468. The fraction of sp³-hybridized carbons (Fsp3) is 0.0588.